The highest BCUT2D eigenvalue weighted by Crippen LogP contribution is 2.58. The summed E-state index contributed by atoms with van der Waals surface area (Å²) in [4.78, 5) is 24.5. The van der Waals surface area contributed by atoms with Crippen molar-refractivity contribution in [3.8, 4) is 6.07 Å². The molecule has 3 rings (SSSR count). The van der Waals surface area contributed by atoms with Crippen LogP contribution in [0.1, 0.15) is 60.9 Å². The number of carbonyl (C=O) groups is 2. The van der Waals surface area contributed by atoms with Gasteiger partial charge in [-0.05, 0) is 50.5 Å². The van der Waals surface area contributed by atoms with Crippen molar-refractivity contribution in [1.29, 1.82) is 5.26 Å². The predicted octanol–water partition coefficient (Wildman–Crippen LogP) is 3.52. The van der Waals surface area contributed by atoms with Gasteiger partial charge in [-0.15, -0.1) is 23.1 Å². The van der Waals surface area contributed by atoms with Crippen LogP contribution in [0.4, 0.5) is 5.00 Å². The number of thiophene rings is 1. The lowest BCUT2D eigenvalue weighted by Gasteiger charge is -2.17. The summed E-state index contributed by atoms with van der Waals surface area (Å²) in [5, 5.41) is 22.0. The van der Waals surface area contributed by atoms with E-state index in [9.17, 15) is 14.9 Å². The van der Waals surface area contributed by atoms with Crippen molar-refractivity contribution in [3.05, 3.63) is 16.0 Å². The van der Waals surface area contributed by atoms with Crippen LogP contribution in [0.15, 0.2) is 0 Å². The number of nitriles is 1. The normalized spacial score (nSPS) is 21.8. The van der Waals surface area contributed by atoms with E-state index >= 15 is 0 Å². The molecule has 0 aliphatic heterocycles. The van der Waals surface area contributed by atoms with Crippen molar-refractivity contribution >= 4 is 40.0 Å². The van der Waals surface area contributed by atoms with E-state index in [1.807, 2.05) is 0 Å². The smallest absolute Gasteiger partial charge is 0.319 e. The molecule has 0 spiro atoms. The Bertz CT molecular complexity index is 718. The van der Waals surface area contributed by atoms with Crippen molar-refractivity contribution in [2.45, 2.75) is 49.7 Å². The van der Waals surface area contributed by atoms with E-state index < -0.39 is 10.7 Å². The molecule has 0 saturated heterocycles. The molecule has 2 aliphatic rings. The maximum Gasteiger partial charge on any atom is 0.319 e. The lowest BCUT2D eigenvalue weighted by molar-refractivity contribution is -0.138. The Morgan fingerprint density at radius 2 is 2.13 bits per heavy atom. The number of carbonyl (C=O) groups excluding carboxylic acids is 1. The van der Waals surface area contributed by atoms with Gasteiger partial charge in [0.15, 0.2) is 0 Å². The minimum absolute atomic E-state index is 0.0552. The summed E-state index contributed by atoms with van der Waals surface area (Å²) in [5.41, 5.74) is 1.77. The Labute approximate surface area is 143 Å². The number of nitrogens with zero attached hydrogens (tertiary/aromatic N) is 1. The number of hydrogen-bond acceptors (Lipinski definition) is 5. The van der Waals surface area contributed by atoms with Gasteiger partial charge in [-0.3, -0.25) is 9.59 Å². The molecule has 0 radical (unpaired) electrons. The second-order valence-electron chi connectivity index (χ2n) is 6.56. The Kier molecular flexibility index (Phi) is 4.15. The van der Waals surface area contributed by atoms with Gasteiger partial charge in [0.05, 0.1) is 11.3 Å². The van der Waals surface area contributed by atoms with Crippen LogP contribution in [0.3, 0.4) is 0 Å². The van der Waals surface area contributed by atoms with E-state index in [4.69, 9.17) is 5.11 Å². The highest BCUT2D eigenvalue weighted by molar-refractivity contribution is 8.02. The number of nitrogens with one attached hydrogen (secondary N) is 1. The van der Waals surface area contributed by atoms with Crippen molar-refractivity contribution < 1.29 is 14.7 Å². The number of aliphatic carboxylic acids is 1. The maximum absolute atomic E-state index is 12.1. The molecular formula is C16H18N2O3S2. The maximum atomic E-state index is 12.1. The summed E-state index contributed by atoms with van der Waals surface area (Å²) in [6.45, 7) is 3.15. The van der Waals surface area contributed by atoms with Gasteiger partial charge in [0.2, 0.25) is 5.91 Å². The molecule has 1 heterocycles. The summed E-state index contributed by atoms with van der Waals surface area (Å²) >= 11 is 2.61. The highest BCUT2D eigenvalue weighted by Gasteiger charge is 2.41. The third-order valence-electron chi connectivity index (χ3n) is 4.63. The molecule has 7 heteroatoms. The topological polar surface area (TPSA) is 90.2 Å². The molecule has 1 aromatic rings. The highest BCUT2D eigenvalue weighted by atomic mass is 32.2. The van der Waals surface area contributed by atoms with E-state index in [2.05, 4.69) is 11.4 Å². The van der Waals surface area contributed by atoms with Gasteiger partial charge in [0.25, 0.3) is 0 Å². The van der Waals surface area contributed by atoms with Gasteiger partial charge in [-0.25, -0.2) is 0 Å². The van der Waals surface area contributed by atoms with Gasteiger partial charge in [-0.1, -0.05) is 0 Å². The van der Waals surface area contributed by atoms with Gasteiger partial charge in [0, 0.05) is 4.88 Å². The Morgan fingerprint density at radius 3 is 2.78 bits per heavy atom. The fourth-order valence-corrected chi connectivity index (χ4v) is 5.41. The minimum Gasteiger partial charge on any atom is -0.480 e. The summed E-state index contributed by atoms with van der Waals surface area (Å²) in [6, 6.07) is 2.25. The number of hydrogen-bond donors (Lipinski definition) is 2. The summed E-state index contributed by atoms with van der Waals surface area (Å²) < 4.78 is -1.01. The van der Waals surface area contributed by atoms with Crippen LogP contribution in [0.25, 0.3) is 0 Å². The molecule has 1 fully saturated rings. The number of thioether (sulfide) groups is 1. The zero-order valence-corrected chi connectivity index (χ0v) is 14.6. The molecule has 1 saturated carbocycles. The molecule has 122 valence electrons. The number of carboxylic acid groups (broad SMARTS) is 1. The number of rotatable bonds is 5. The molecule has 23 heavy (non-hydrogen) atoms. The molecule has 2 N–H and O–H groups in total. The quantitative estimate of drug-likeness (QED) is 0.848. The molecular weight excluding hydrogens is 332 g/mol. The van der Waals surface area contributed by atoms with Crippen LogP contribution < -0.4 is 5.32 Å². The lowest BCUT2D eigenvalue weighted by atomic mass is 9.95. The standard InChI is InChI=1S/C16H18N2O3S2/c1-16(2,15(20)21)22-7-11(19)18-14-10(6-17)12-8-3-4-9(5-8)13(12)23-14/h8-9H,3-5,7H2,1-2H3,(H,18,19)(H,20,21). The predicted molar refractivity (Wildman–Crippen MR) is 91.2 cm³/mol. The van der Waals surface area contributed by atoms with Crippen LogP contribution in [-0.2, 0) is 9.59 Å². The van der Waals surface area contributed by atoms with Crippen molar-refractivity contribution in [2.75, 3.05) is 11.1 Å². The van der Waals surface area contributed by atoms with Crippen molar-refractivity contribution in [1.82, 2.24) is 0 Å². The first kappa shape index (κ1) is 16.3. The molecule has 1 amide bonds. The van der Waals surface area contributed by atoms with Crippen LogP contribution >= 0.6 is 23.1 Å². The molecule has 1 aromatic heterocycles. The monoisotopic (exact) mass is 350 g/mol. The fourth-order valence-electron chi connectivity index (χ4n) is 3.32. The first-order valence-electron chi connectivity index (χ1n) is 7.57. The van der Waals surface area contributed by atoms with E-state index in [1.165, 1.54) is 22.6 Å². The van der Waals surface area contributed by atoms with Gasteiger partial charge in [0.1, 0.15) is 15.8 Å². The van der Waals surface area contributed by atoms with Crippen LogP contribution in [-0.4, -0.2) is 27.5 Å². The van der Waals surface area contributed by atoms with Crippen LogP contribution in [0.2, 0.25) is 0 Å². The molecule has 0 aromatic carbocycles. The molecule has 5 nitrogen and oxygen atoms in total. The lowest BCUT2D eigenvalue weighted by Crippen LogP contribution is -2.29. The average molecular weight is 350 g/mol. The first-order valence-corrected chi connectivity index (χ1v) is 9.37. The third kappa shape index (κ3) is 2.86. The number of anilines is 1. The minimum atomic E-state index is -1.01. The van der Waals surface area contributed by atoms with Crippen LogP contribution in [0.5, 0.6) is 0 Å². The van der Waals surface area contributed by atoms with E-state index in [0.717, 1.165) is 30.2 Å². The fraction of sp³-hybridized carbons (Fsp3) is 0.562. The zero-order valence-electron chi connectivity index (χ0n) is 13.0. The number of carboxylic acids is 1. The first-order chi connectivity index (χ1) is 10.8. The molecule has 2 unspecified atom stereocenters. The SMILES string of the molecule is CC(C)(SCC(=O)Nc1sc2c(c1C#N)C1CCC2C1)C(=O)O. The Morgan fingerprint density at radius 1 is 1.43 bits per heavy atom. The van der Waals surface area contributed by atoms with Crippen LogP contribution in [0, 0.1) is 11.3 Å². The second kappa shape index (κ2) is 5.84. The van der Waals surface area contributed by atoms with E-state index in [0.29, 0.717) is 22.4 Å². The van der Waals surface area contributed by atoms with Gasteiger partial charge >= 0.3 is 5.97 Å². The van der Waals surface area contributed by atoms with Crippen molar-refractivity contribution in [3.63, 3.8) is 0 Å². The summed E-state index contributed by atoms with van der Waals surface area (Å²) in [7, 11) is 0. The summed E-state index contributed by atoms with van der Waals surface area (Å²) in [5.74, 6) is -0.114. The third-order valence-corrected chi connectivity index (χ3v) is 7.22. The summed E-state index contributed by atoms with van der Waals surface area (Å²) in [6.07, 6.45) is 3.46. The second-order valence-corrected chi connectivity index (χ2v) is 9.21. The Balaban J connectivity index is 1.71. The molecule has 2 atom stereocenters. The van der Waals surface area contributed by atoms with Gasteiger partial charge in [-0.2, -0.15) is 5.26 Å². The largest absolute Gasteiger partial charge is 0.480 e. The number of amides is 1. The van der Waals surface area contributed by atoms with E-state index in [1.54, 1.807) is 13.8 Å². The van der Waals surface area contributed by atoms with E-state index in [-0.39, 0.29) is 11.7 Å². The average Bonchev–Trinajstić information content (AvgIpc) is 3.16. The van der Waals surface area contributed by atoms with Crippen molar-refractivity contribution in [2.24, 2.45) is 0 Å². The molecule has 2 bridgehead atoms. The van der Waals surface area contributed by atoms with Gasteiger partial charge < -0.3 is 10.4 Å². The number of fused-ring (bicyclic) bond motifs is 5. The zero-order chi connectivity index (χ0) is 16.8. The Hall–Kier alpha value is -1.52. The molecule has 2 aliphatic carbocycles.